The van der Waals surface area contributed by atoms with Gasteiger partial charge in [0.1, 0.15) is 0 Å². The van der Waals surface area contributed by atoms with Crippen LogP contribution in [0.1, 0.15) is 0 Å². The molecule has 0 aliphatic carbocycles. The third-order valence-corrected chi connectivity index (χ3v) is 3.38. The molecule has 2 heterocycles. The van der Waals surface area contributed by atoms with Crippen LogP contribution in [0.3, 0.4) is 0 Å². The molecule has 1 atom stereocenters. The van der Waals surface area contributed by atoms with E-state index < -0.39 is 16.6 Å². The first-order valence-corrected chi connectivity index (χ1v) is 5.89. The molecule has 1 aromatic heterocycles. The maximum atomic E-state index is 11.7. The second-order valence-electron chi connectivity index (χ2n) is 3.01. The van der Waals surface area contributed by atoms with Crippen molar-refractivity contribution >= 4 is 16.0 Å². The van der Waals surface area contributed by atoms with Gasteiger partial charge in [-0.15, -0.1) is 4.31 Å². The standard InChI is InChI=1S/C7H10N4O4S/c12-7-11(3-4-15-7)16(13,14)10-6-5-8-1-2-9-6/h1-2,5,7,12H,3-4H2,(H,9,10). The number of aliphatic hydroxyl groups is 1. The summed E-state index contributed by atoms with van der Waals surface area (Å²) in [5, 5.41) is 9.25. The number of ether oxygens (including phenoxy) is 1. The zero-order valence-corrected chi connectivity index (χ0v) is 8.96. The Bertz CT molecular complexity index is 451. The van der Waals surface area contributed by atoms with Gasteiger partial charge in [0.25, 0.3) is 0 Å². The number of aromatic nitrogens is 2. The van der Waals surface area contributed by atoms with E-state index in [0.717, 1.165) is 4.31 Å². The van der Waals surface area contributed by atoms with E-state index in [-0.39, 0.29) is 19.0 Å². The molecule has 88 valence electrons. The van der Waals surface area contributed by atoms with Crippen molar-refractivity contribution in [2.75, 3.05) is 17.9 Å². The molecule has 0 bridgehead atoms. The molecule has 0 aromatic carbocycles. The summed E-state index contributed by atoms with van der Waals surface area (Å²) in [6, 6.07) is 0. The third kappa shape index (κ3) is 2.27. The van der Waals surface area contributed by atoms with E-state index in [1.54, 1.807) is 0 Å². The lowest BCUT2D eigenvalue weighted by atomic mass is 10.7. The molecular weight excluding hydrogens is 236 g/mol. The van der Waals surface area contributed by atoms with Gasteiger partial charge in [-0.1, -0.05) is 0 Å². The highest BCUT2D eigenvalue weighted by Gasteiger charge is 2.34. The second-order valence-corrected chi connectivity index (χ2v) is 4.63. The molecule has 0 radical (unpaired) electrons. The summed E-state index contributed by atoms with van der Waals surface area (Å²) >= 11 is 0. The van der Waals surface area contributed by atoms with Crippen molar-refractivity contribution in [2.24, 2.45) is 0 Å². The lowest BCUT2D eigenvalue weighted by molar-refractivity contribution is -0.105. The molecule has 0 saturated carbocycles. The molecule has 8 nitrogen and oxygen atoms in total. The van der Waals surface area contributed by atoms with Gasteiger partial charge in [-0.3, -0.25) is 9.71 Å². The highest BCUT2D eigenvalue weighted by atomic mass is 32.2. The van der Waals surface area contributed by atoms with Gasteiger partial charge in [-0.05, 0) is 0 Å². The molecule has 1 aliphatic rings. The van der Waals surface area contributed by atoms with Crippen LogP contribution in [-0.4, -0.2) is 47.4 Å². The Morgan fingerprint density at radius 3 is 2.94 bits per heavy atom. The van der Waals surface area contributed by atoms with Gasteiger partial charge >= 0.3 is 10.2 Å². The first-order valence-electron chi connectivity index (χ1n) is 4.45. The fourth-order valence-corrected chi connectivity index (χ4v) is 2.32. The summed E-state index contributed by atoms with van der Waals surface area (Å²) in [4.78, 5) is 7.47. The molecule has 16 heavy (non-hydrogen) atoms. The van der Waals surface area contributed by atoms with E-state index in [4.69, 9.17) is 4.74 Å². The lowest BCUT2D eigenvalue weighted by Crippen LogP contribution is -2.39. The Kier molecular flexibility index (Phi) is 3.01. The molecule has 0 amide bonds. The van der Waals surface area contributed by atoms with Crippen LogP contribution < -0.4 is 4.72 Å². The molecular formula is C7H10N4O4S. The molecule has 2 N–H and O–H groups in total. The number of hydrogen-bond acceptors (Lipinski definition) is 6. The smallest absolute Gasteiger partial charge is 0.307 e. The topological polar surface area (TPSA) is 105 Å². The molecule has 1 aliphatic heterocycles. The fourth-order valence-electron chi connectivity index (χ4n) is 1.22. The minimum atomic E-state index is -3.86. The van der Waals surface area contributed by atoms with Crippen LogP contribution in [0.2, 0.25) is 0 Å². The molecule has 9 heteroatoms. The maximum absolute atomic E-state index is 11.7. The molecule has 1 saturated heterocycles. The Labute approximate surface area is 92.1 Å². The largest absolute Gasteiger partial charge is 0.355 e. The minimum absolute atomic E-state index is 0.0848. The van der Waals surface area contributed by atoms with Crippen molar-refractivity contribution in [2.45, 2.75) is 6.41 Å². The zero-order valence-electron chi connectivity index (χ0n) is 8.15. The summed E-state index contributed by atoms with van der Waals surface area (Å²) < 4.78 is 31.1. The van der Waals surface area contributed by atoms with Crippen molar-refractivity contribution in [1.29, 1.82) is 0 Å². The molecule has 1 aromatic rings. The predicted octanol–water partition coefficient (Wildman–Crippen LogP) is -1.26. The first kappa shape index (κ1) is 11.2. The van der Waals surface area contributed by atoms with Gasteiger partial charge < -0.3 is 9.84 Å². The van der Waals surface area contributed by atoms with Crippen LogP contribution in [0, 0.1) is 0 Å². The average Bonchev–Trinajstić information content (AvgIpc) is 2.66. The van der Waals surface area contributed by atoms with Crippen molar-refractivity contribution in [3.05, 3.63) is 18.6 Å². The van der Waals surface area contributed by atoms with Crippen LogP contribution in [0.5, 0.6) is 0 Å². The SMILES string of the molecule is O=S(=O)(Nc1cnccn1)N1CCOC1O. The summed E-state index contributed by atoms with van der Waals surface area (Å²) in [5.74, 6) is 0.0848. The third-order valence-electron chi connectivity index (χ3n) is 1.93. The van der Waals surface area contributed by atoms with Crippen molar-refractivity contribution in [1.82, 2.24) is 14.3 Å². The monoisotopic (exact) mass is 246 g/mol. The van der Waals surface area contributed by atoms with Crippen molar-refractivity contribution < 1.29 is 18.3 Å². The first-order chi connectivity index (χ1) is 7.59. The lowest BCUT2D eigenvalue weighted by Gasteiger charge is -2.18. The summed E-state index contributed by atoms with van der Waals surface area (Å²) in [6.07, 6.45) is 2.59. The number of nitrogens with zero attached hydrogens (tertiary/aromatic N) is 3. The van der Waals surface area contributed by atoms with E-state index in [9.17, 15) is 13.5 Å². The van der Waals surface area contributed by atoms with E-state index in [1.165, 1.54) is 18.6 Å². The van der Waals surface area contributed by atoms with Crippen LogP contribution in [0.4, 0.5) is 5.82 Å². The van der Waals surface area contributed by atoms with Gasteiger partial charge in [-0.2, -0.15) is 8.42 Å². The van der Waals surface area contributed by atoms with Crippen molar-refractivity contribution in [3.8, 4) is 0 Å². The van der Waals surface area contributed by atoms with Crippen molar-refractivity contribution in [3.63, 3.8) is 0 Å². The number of nitrogens with one attached hydrogen (secondary N) is 1. The van der Waals surface area contributed by atoms with E-state index in [0.29, 0.717) is 0 Å². The molecule has 1 unspecified atom stereocenters. The fraction of sp³-hybridized carbons (Fsp3) is 0.429. The summed E-state index contributed by atoms with van der Waals surface area (Å²) in [7, 11) is -3.86. The van der Waals surface area contributed by atoms with E-state index in [2.05, 4.69) is 14.7 Å². The van der Waals surface area contributed by atoms with Gasteiger partial charge in [-0.25, -0.2) is 4.98 Å². The second kappa shape index (κ2) is 4.29. The maximum Gasteiger partial charge on any atom is 0.307 e. The van der Waals surface area contributed by atoms with E-state index >= 15 is 0 Å². The minimum Gasteiger partial charge on any atom is -0.355 e. The summed E-state index contributed by atoms with van der Waals surface area (Å²) in [5.41, 5.74) is 0. The van der Waals surface area contributed by atoms with Crippen LogP contribution >= 0.6 is 0 Å². The number of aliphatic hydroxyl groups excluding tert-OH is 1. The highest BCUT2D eigenvalue weighted by Crippen LogP contribution is 2.14. The van der Waals surface area contributed by atoms with Gasteiger partial charge in [0.15, 0.2) is 5.82 Å². The van der Waals surface area contributed by atoms with Crippen LogP contribution in [0.15, 0.2) is 18.6 Å². The normalized spacial score (nSPS) is 22.2. The van der Waals surface area contributed by atoms with Crippen LogP contribution in [0.25, 0.3) is 0 Å². The predicted molar refractivity (Wildman–Crippen MR) is 53.2 cm³/mol. The molecule has 2 rings (SSSR count). The number of anilines is 1. The van der Waals surface area contributed by atoms with Gasteiger partial charge in [0.2, 0.25) is 6.41 Å². The Balaban J connectivity index is 2.14. The zero-order chi connectivity index (χ0) is 11.6. The van der Waals surface area contributed by atoms with Gasteiger partial charge in [0, 0.05) is 18.9 Å². The number of hydrogen-bond donors (Lipinski definition) is 2. The number of rotatable bonds is 3. The Morgan fingerprint density at radius 1 is 1.56 bits per heavy atom. The average molecular weight is 246 g/mol. The quantitative estimate of drug-likeness (QED) is 0.690. The summed E-state index contributed by atoms with van der Waals surface area (Å²) in [6.45, 7) is 0.249. The Hall–Kier alpha value is -1.29. The van der Waals surface area contributed by atoms with E-state index in [1.807, 2.05) is 0 Å². The molecule has 1 fully saturated rings. The highest BCUT2D eigenvalue weighted by molar-refractivity contribution is 7.90. The Morgan fingerprint density at radius 2 is 2.38 bits per heavy atom. The van der Waals surface area contributed by atoms with Gasteiger partial charge in [0.05, 0.1) is 12.8 Å². The van der Waals surface area contributed by atoms with Crippen LogP contribution in [-0.2, 0) is 14.9 Å². The molecule has 0 spiro atoms.